The number of hydrogen-bond donors (Lipinski definition) is 3. The summed E-state index contributed by atoms with van der Waals surface area (Å²) in [5.74, 6) is 0. The molecule has 21 heavy (non-hydrogen) atoms. The van der Waals surface area contributed by atoms with Crippen LogP contribution in [0.1, 0.15) is 19.3 Å². The van der Waals surface area contributed by atoms with Crippen molar-refractivity contribution in [2.24, 2.45) is 0 Å². The Morgan fingerprint density at radius 1 is 1.19 bits per heavy atom. The maximum Gasteiger partial charge on any atom is 0.319 e. The molecule has 0 unspecified atom stereocenters. The topological polar surface area (TPSA) is 53.2 Å². The number of nitrogens with one attached hydrogen (secondary N) is 3. The molecule has 2 amide bonds. The molecule has 1 atom stereocenters. The summed E-state index contributed by atoms with van der Waals surface area (Å²) in [5.41, 5.74) is 0.824. The highest BCUT2D eigenvalue weighted by molar-refractivity contribution is 5.93. The van der Waals surface area contributed by atoms with Crippen LogP contribution in [0.25, 0.3) is 10.8 Å². The van der Waals surface area contributed by atoms with Crippen LogP contribution in [-0.2, 0) is 0 Å². The molecule has 0 bridgehead atoms. The fourth-order valence-electron chi connectivity index (χ4n) is 2.81. The molecule has 3 rings (SSSR count). The van der Waals surface area contributed by atoms with Gasteiger partial charge in [0.15, 0.2) is 0 Å². The van der Waals surface area contributed by atoms with Gasteiger partial charge >= 0.3 is 6.03 Å². The predicted octanol–water partition coefficient (Wildman–Crippen LogP) is 3.10. The van der Waals surface area contributed by atoms with E-state index in [1.165, 1.54) is 18.2 Å². The van der Waals surface area contributed by atoms with Gasteiger partial charge in [0, 0.05) is 18.3 Å². The van der Waals surface area contributed by atoms with Gasteiger partial charge in [-0.05, 0) is 48.7 Å². The second-order valence-corrected chi connectivity index (χ2v) is 5.52. The average molecular weight is 283 g/mol. The maximum atomic E-state index is 11.9. The van der Waals surface area contributed by atoms with Crippen LogP contribution in [0, 0.1) is 0 Å². The summed E-state index contributed by atoms with van der Waals surface area (Å²) in [4.78, 5) is 11.9. The smallest absolute Gasteiger partial charge is 0.319 e. The SMILES string of the molecule is O=C(NCC[C@@H]1CCCN1)Nc1ccc2ccccc2c1. The van der Waals surface area contributed by atoms with Crippen molar-refractivity contribution in [3.63, 3.8) is 0 Å². The normalized spacial score (nSPS) is 17.8. The molecule has 4 heteroatoms. The van der Waals surface area contributed by atoms with E-state index in [0.29, 0.717) is 12.6 Å². The van der Waals surface area contributed by atoms with E-state index < -0.39 is 0 Å². The fraction of sp³-hybridized carbons (Fsp3) is 0.353. The van der Waals surface area contributed by atoms with Crippen LogP contribution >= 0.6 is 0 Å². The molecule has 0 spiro atoms. The number of fused-ring (bicyclic) bond motifs is 1. The summed E-state index contributed by atoms with van der Waals surface area (Å²) in [6.45, 7) is 1.81. The predicted molar refractivity (Wildman–Crippen MR) is 86.6 cm³/mol. The average Bonchev–Trinajstić information content (AvgIpc) is 3.00. The first kappa shape index (κ1) is 13.9. The number of anilines is 1. The van der Waals surface area contributed by atoms with Gasteiger partial charge in [0.2, 0.25) is 0 Å². The molecule has 0 saturated carbocycles. The van der Waals surface area contributed by atoms with Crippen LogP contribution in [0.5, 0.6) is 0 Å². The Labute approximate surface area is 124 Å². The maximum absolute atomic E-state index is 11.9. The number of urea groups is 1. The Kier molecular flexibility index (Phi) is 4.36. The van der Waals surface area contributed by atoms with Crippen molar-refractivity contribution in [3.05, 3.63) is 42.5 Å². The van der Waals surface area contributed by atoms with E-state index in [9.17, 15) is 4.79 Å². The fourth-order valence-corrected chi connectivity index (χ4v) is 2.81. The van der Waals surface area contributed by atoms with Crippen LogP contribution in [0.4, 0.5) is 10.5 Å². The van der Waals surface area contributed by atoms with Crippen LogP contribution in [0.15, 0.2) is 42.5 Å². The summed E-state index contributed by atoms with van der Waals surface area (Å²) in [6.07, 6.45) is 3.45. The van der Waals surface area contributed by atoms with E-state index in [0.717, 1.165) is 24.0 Å². The summed E-state index contributed by atoms with van der Waals surface area (Å²) < 4.78 is 0. The number of rotatable bonds is 4. The molecule has 110 valence electrons. The molecule has 1 aliphatic rings. The third-order valence-electron chi connectivity index (χ3n) is 3.95. The van der Waals surface area contributed by atoms with Crippen LogP contribution in [0.2, 0.25) is 0 Å². The van der Waals surface area contributed by atoms with E-state index >= 15 is 0 Å². The van der Waals surface area contributed by atoms with Crippen molar-refractivity contribution in [2.75, 3.05) is 18.4 Å². The van der Waals surface area contributed by atoms with E-state index in [4.69, 9.17) is 0 Å². The van der Waals surface area contributed by atoms with Crippen molar-refractivity contribution < 1.29 is 4.79 Å². The number of benzene rings is 2. The first-order valence-corrected chi connectivity index (χ1v) is 7.58. The molecule has 3 N–H and O–H groups in total. The van der Waals surface area contributed by atoms with Crippen molar-refractivity contribution >= 4 is 22.5 Å². The first-order chi connectivity index (χ1) is 10.3. The Morgan fingerprint density at radius 3 is 2.86 bits per heavy atom. The molecule has 0 aromatic heterocycles. The van der Waals surface area contributed by atoms with Gasteiger partial charge in [-0.1, -0.05) is 30.3 Å². The van der Waals surface area contributed by atoms with E-state index in [1.807, 2.05) is 36.4 Å². The van der Waals surface area contributed by atoms with Crippen LogP contribution in [-0.4, -0.2) is 25.2 Å². The number of carbonyl (C=O) groups excluding carboxylic acids is 1. The third kappa shape index (κ3) is 3.73. The lowest BCUT2D eigenvalue weighted by molar-refractivity contribution is 0.251. The van der Waals surface area contributed by atoms with Gasteiger partial charge < -0.3 is 16.0 Å². The van der Waals surface area contributed by atoms with Gasteiger partial charge in [-0.3, -0.25) is 0 Å². The van der Waals surface area contributed by atoms with E-state index in [-0.39, 0.29) is 6.03 Å². The second-order valence-electron chi connectivity index (χ2n) is 5.52. The minimum absolute atomic E-state index is 0.136. The van der Waals surface area contributed by atoms with Crippen molar-refractivity contribution in [1.29, 1.82) is 0 Å². The van der Waals surface area contributed by atoms with Gasteiger partial charge in [0.25, 0.3) is 0 Å². The van der Waals surface area contributed by atoms with Gasteiger partial charge in [-0.15, -0.1) is 0 Å². The Bertz CT molecular complexity index is 620. The van der Waals surface area contributed by atoms with E-state index in [2.05, 4.69) is 22.0 Å². The number of amides is 2. The lowest BCUT2D eigenvalue weighted by Crippen LogP contribution is -2.33. The number of carbonyl (C=O) groups is 1. The Hall–Kier alpha value is -2.07. The Balaban J connectivity index is 1.50. The monoisotopic (exact) mass is 283 g/mol. The minimum atomic E-state index is -0.136. The summed E-state index contributed by atoms with van der Waals surface area (Å²) in [6, 6.07) is 14.5. The molecule has 2 aromatic carbocycles. The summed E-state index contributed by atoms with van der Waals surface area (Å²) >= 11 is 0. The summed E-state index contributed by atoms with van der Waals surface area (Å²) in [5, 5.41) is 11.5. The van der Waals surface area contributed by atoms with Crippen molar-refractivity contribution in [2.45, 2.75) is 25.3 Å². The molecular formula is C17H21N3O. The lowest BCUT2D eigenvalue weighted by atomic mass is 10.1. The van der Waals surface area contributed by atoms with Gasteiger partial charge in [-0.2, -0.15) is 0 Å². The summed E-state index contributed by atoms with van der Waals surface area (Å²) in [7, 11) is 0. The minimum Gasteiger partial charge on any atom is -0.338 e. The van der Waals surface area contributed by atoms with Crippen LogP contribution < -0.4 is 16.0 Å². The third-order valence-corrected chi connectivity index (χ3v) is 3.95. The second kappa shape index (κ2) is 6.59. The molecule has 1 heterocycles. The quantitative estimate of drug-likeness (QED) is 0.807. The van der Waals surface area contributed by atoms with Gasteiger partial charge in [0.05, 0.1) is 0 Å². The van der Waals surface area contributed by atoms with Crippen molar-refractivity contribution in [1.82, 2.24) is 10.6 Å². The molecule has 2 aromatic rings. The molecule has 0 radical (unpaired) electrons. The molecule has 1 fully saturated rings. The molecule has 0 aliphatic carbocycles. The zero-order valence-corrected chi connectivity index (χ0v) is 12.1. The van der Waals surface area contributed by atoms with E-state index in [1.54, 1.807) is 0 Å². The highest BCUT2D eigenvalue weighted by Gasteiger charge is 2.13. The Morgan fingerprint density at radius 2 is 2.05 bits per heavy atom. The number of hydrogen-bond acceptors (Lipinski definition) is 2. The molecule has 1 aliphatic heterocycles. The standard InChI is InChI=1S/C17H21N3O/c21-17(19-11-9-15-6-3-10-18-15)20-16-8-7-13-4-1-2-5-14(13)12-16/h1-2,4-5,7-8,12,15,18H,3,6,9-11H2,(H2,19,20,21)/t15-/m0/s1. The van der Waals surface area contributed by atoms with Crippen LogP contribution in [0.3, 0.4) is 0 Å². The zero-order chi connectivity index (χ0) is 14.5. The highest BCUT2D eigenvalue weighted by Crippen LogP contribution is 2.18. The largest absolute Gasteiger partial charge is 0.338 e. The first-order valence-electron chi connectivity index (χ1n) is 7.58. The zero-order valence-electron chi connectivity index (χ0n) is 12.1. The van der Waals surface area contributed by atoms with Gasteiger partial charge in [-0.25, -0.2) is 4.79 Å². The molecule has 4 nitrogen and oxygen atoms in total. The van der Waals surface area contributed by atoms with Crippen molar-refractivity contribution in [3.8, 4) is 0 Å². The molecular weight excluding hydrogens is 262 g/mol. The lowest BCUT2D eigenvalue weighted by Gasteiger charge is -2.12. The molecule has 1 saturated heterocycles. The highest BCUT2D eigenvalue weighted by atomic mass is 16.2. The van der Waals surface area contributed by atoms with Gasteiger partial charge in [0.1, 0.15) is 0 Å².